The Morgan fingerprint density at radius 3 is 2.29 bits per heavy atom. The Kier molecular flexibility index (Phi) is 3.60. The number of carbonyl (C=O) groups is 1. The Bertz CT molecular complexity index is 652. The standard InChI is InChI=1S/C17H15NO3/c1-20-17(19)15-12-21-18(14-10-6-3-7-11-14)16(15)13-8-4-2-5-9-13/h2-12,16H,1H3. The Morgan fingerprint density at radius 1 is 1.05 bits per heavy atom. The summed E-state index contributed by atoms with van der Waals surface area (Å²) in [6.45, 7) is 0. The molecule has 0 saturated carbocycles. The van der Waals surface area contributed by atoms with Crippen LogP contribution in [0.3, 0.4) is 0 Å². The number of hydrogen-bond donors (Lipinski definition) is 0. The van der Waals surface area contributed by atoms with Crippen molar-refractivity contribution in [3.05, 3.63) is 78.1 Å². The number of methoxy groups -OCH3 is 1. The van der Waals surface area contributed by atoms with E-state index in [-0.39, 0.29) is 12.0 Å². The number of carbonyl (C=O) groups excluding carboxylic acids is 1. The monoisotopic (exact) mass is 281 g/mol. The Hall–Kier alpha value is -2.75. The maximum absolute atomic E-state index is 12.0. The number of rotatable bonds is 3. The third kappa shape index (κ3) is 2.48. The van der Waals surface area contributed by atoms with E-state index in [2.05, 4.69) is 0 Å². The maximum Gasteiger partial charge on any atom is 0.339 e. The molecule has 21 heavy (non-hydrogen) atoms. The van der Waals surface area contributed by atoms with Crippen LogP contribution in [0.4, 0.5) is 5.69 Å². The van der Waals surface area contributed by atoms with Crippen molar-refractivity contribution in [1.29, 1.82) is 0 Å². The summed E-state index contributed by atoms with van der Waals surface area (Å²) in [5.41, 5.74) is 2.32. The largest absolute Gasteiger partial charge is 0.466 e. The molecule has 1 unspecified atom stereocenters. The first kappa shape index (κ1) is 13.2. The molecule has 4 nitrogen and oxygen atoms in total. The van der Waals surface area contributed by atoms with Gasteiger partial charge >= 0.3 is 5.97 Å². The highest BCUT2D eigenvalue weighted by molar-refractivity contribution is 5.91. The minimum absolute atomic E-state index is 0.318. The fourth-order valence-electron chi connectivity index (χ4n) is 2.38. The second kappa shape index (κ2) is 5.71. The van der Waals surface area contributed by atoms with Crippen molar-refractivity contribution in [2.75, 3.05) is 12.2 Å². The summed E-state index contributed by atoms with van der Waals surface area (Å²) in [6.07, 6.45) is 1.45. The van der Waals surface area contributed by atoms with E-state index in [1.54, 1.807) is 5.06 Å². The van der Waals surface area contributed by atoms with Gasteiger partial charge in [0.2, 0.25) is 0 Å². The van der Waals surface area contributed by atoms with Crippen molar-refractivity contribution in [2.45, 2.75) is 6.04 Å². The third-order valence-corrected chi connectivity index (χ3v) is 3.37. The number of nitrogens with zero attached hydrogens (tertiary/aromatic N) is 1. The molecule has 0 bridgehead atoms. The molecule has 0 radical (unpaired) electrons. The zero-order chi connectivity index (χ0) is 14.7. The molecule has 0 spiro atoms. The van der Waals surface area contributed by atoms with Gasteiger partial charge in [-0.15, -0.1) is 0 Å². The molecule has 0 aliphatic carbocycles. The third-order valence-electron chi connectivity index (χ3n) is 3.37. The first-order valence-corrected chi connectivity index (χ1v) is 6.65. The molecule has 2 aromatic carbocycles. The molecule has 0 amide bonds. The lowest BCUT2D eigenvalue weighted by molar-refractivity contribution is -0.136. The number of benzene rings is 2. The summed E-state index contributed by atoms with van der Waals surface area (Å²) >= 11 is 0. The van der Waals surface area contributed by atoms with E-state index in [4.69, 9.17) is 9.57 Å². The Labute approximate surface area is 123 Å². The van der Waals surface area contributed by atoms with Crippen LogP contribution in [0.1, 0.15) is 11.6 Å². The molecule has 0 N–H and O–H groups in total. The molecule has 0 fully saturated rings. The molecular weight excluding hydrogens is 266 g/mol. The lowest BCUT2D eigenvalue weighted by Gasteiger charge is -2.26. The van der Waals surface area contributed by atoms with E-state index in [1.165, 1.54) is 13.4 Å². The van der Waals surface area contributed by atoms with Gasteiger partial charge in [0.25, 0.3) is 0 Å². The second-order valence-electron chi connectivity index (χ2n) is 4.64. The first-order chi connectivity index (χ1) is 10.3. The van der Waals surface area contributed by atoms with Crippen molar-refractivity contribution in [2.24, 2.45) is 0 Å². The van der Waals surface area contributed by atoms with E-state index in [9.17, 15) is 4.79 Å². The van der Waals surface area contributed by atoms with Gasteiger partial charge in [0.1, 0.15) is 17.9 Å². The lowest BCUT2D eigenvalue weighted by atomic mass is 9.99. The van der Waals surface area contributed by atoms with E-state index < -0.39 is 0 Å². The van der Waals surface area contributed by atoms with E-state index >= 15 is 0 Å². The van der Waals surface area contributed by atoms with Crippen molar-refractivity contribution in [1.82, 2.24) is 0 Å². The average molecular weight is 281 g/mol. The molecular formula is C17H15NO3. The summed E-state index contributed by atoms with van der Waals surface area (Å²) in [4.78, 5) is 17.6. The summed E-state index contributed by atoms with van der Waals surface area (Å²) in [5.74, 6) is -0.387. The smallest absolute Gasteiger partial charge is 0.339 e. The van der Waals surface area contributed by atoms with Crippen LogP contribution in [0.15, 0.2) is 72.5 Å². The van der Waals surface area contributed by atoms with Crippen LogP contribution in [-0.4, -0.2) is 13.1 Å². The van der Waals surface area contributed by atoms with Crippen LogP contribution in [0, 0.1) is 0 Å². The minimum atomic E-state index is -0.387. The Morgan fingerprint density at radius 2 is 1.67 bits per heavy atom. The maximum atomic E-state index is 12.0. The van der Waals surface area contributed by atoms with Crippen molar-refractivity contribution in [3.63, 3.8) is 0 Å². The van der Waals surface area contributed by atoms with Gasteiger partial charge in [0.05, 0.1) is 12.8 Å². The number of para-hydroxylation sites is 1. The first-order valence-electron chi connectivity index (χ1n) is 6.65. The molecule has 0 saturated heterocycles. The number of anilines is 1. The summed E-state index contributed by atoms with van der Waals surface area (Å²) in [5, 5.41) is 1.71. The van der Waals surface area contributed by atoms with Crippen molar-refractivity contribution >= 4 is 11.7 Å². The molecule has 1 aliphatic rings. The average Bonchev–Trinajstić information content (AvgIpc) is 3.00. The van der Waals surface area contributed by atoms with Crippen LogP contribution in [0.2, 0.25) is 0 Å². The molecule has 106 valence electrons. The quantitative estimate of drug-likeness (QED) is 0.810. The van der Waals surface area contributed by atoms with Gasteiger partial charge in [-0.05, 0) is 17.7 Å². The minimum Gasteiger partial charge on any atom is -0.466 e. The number of ether oxygens (including phenoxy) is 1. The highest BCUT2D eigenvalue weighted by Crippen LogP contribution is 2.38. The predicted molar refractivity (Wildman–Crippen MR) is 79.3 cm³/mol. The van der Waals surface area contributed by atoms with Gasteiger partial charge in [-0.3, -0.25) is 0 Å². The van der Waals surface area contributed by atoms with Gasteiger partial charge in [-0.2, -0.15) is 5.06 Å². The highest BCUT2D eigenvalue weighted by atomic mass is 16.7. The van der Waals surface area contributed by atoms with Crippen LogP contribution < -0.4 is 5.06 Å². The SMILES string of the molecule is COC(=O)C1=CON(c2ccccc2)C1c1ccccc1. The Balaban J connectivity index is 2.01. The normalized spacial score (nSPS) is 17.1. The zero-order valence-electron chi connectivity index (χ0n) is 11.6. The molecule has 3 rings (SSSR count). The second-order valence-corrected chi connectivity index (χ2v) is 4.64. The molecule has 1 atom stereocenters. The zero-order valence-corrected chi connectivity index (χ0v) is 11.6. The van der Waals surface area contributed by atoms with E-state index in [1.807, 2.05) is 60.7 Å². The highest BCUT2D eigenvalue weighted by Gasteiger charge is 2.36. The van der Waals surface area contributed by atoms with Crippen LogP contribution in [0.5, 0.6) is 0 Å². The van der Waals surface area contributed by atoms with Gasteiger partial charge in [0, 0.05) is 0 Å². The molecule has 1 aliphatic heterocycles. The molecule has 0 aromatic heterocycles. The molecule has 1 heterocycles. The van der Waals surface area contributed by atoms with Crippen LogP contribution in [0.25, 0.3) is 0 Å². The lowest BCUT2D eigenvalue weighted by Crippen LogP contribution is -2.25. The van der Waals surface area contributed by atoms with Gasteiger partial charge in [-0.1, -0.05) is 48.5 Å². The van der Waals surface area contributed by atoms with Gasteiger partial charge < -0.3 is 9.57 Å². The predicted octanol–water partition coefficient (Wildman–Crippen LogP) is 3.24. The van der Waals surface area contributed by atoms with Crippen LogP contribution in [-0.2, 0) is 14.4 Å². The summed E-state index contributed by atoms with van der Waals surface area (Å²) in [6, 6.07) is 19.1. The van der Waals surface area contributed by atoms with Crippen LogP contribution >= 0.6 is 0 Å². The van der Waals surface area contributed by atoms with E-state index in [0.29, 0.717) is 5.57 Å². The summed E-state index contributed by atoms with van der Waals surface area (Å²) in [7, 11) is 1.37. The fraction of sp³-hybridized carbons (Fsp3) is 0.118. The number of hydroxylamine groups is 1. The van der Waals surface area contributed by atoms with Gasteiger partial charge in [-0.25, -0.2) is 4.79 Å². The molecule has 2 aromatic rings. The topological polar surface area (TPSA) is 38.8 Å². The van der Waals surface area contributed by atoms with Crippen molar-refractivity contribution < 1.29 is 14.4 Å². The number of esters is 1. The molecule has 4 heteroatoms. The van der Waals surface area contributed by atoms with E-state index in [0.717, 1.165) is 11.3 Å². The van der Waals surface area contributed by atoms with Crippen molar-refractivity contribution in [3.8, 4) is 0 Å². The summed E-state index contributed by atoms with van der Waals surface area (Å²) < 4.78 is 4.86. The number of hydrogen-bond acceptors (Lipinski definition) is 4. The fourth-order valence-corrected chi connectivity index (χ4v) is 2.38. The van der Waals surface area contributed by atoms with Gasteiger partial charge in [0.15, 0.2) is 0 Å².